The zero-order valence-electron chi connectivity index (χ0n) is 15.1. The summed E-state index contributed by atoms with van der Waals surface area (Å²) in [6, 6.07) is 9.48. The molecule has 1 fully saturated rings. The van der Waals surface area contributed by atoms with Crippen LogP contribution >= 0.6 is 22.9 Å². The number of nitrogens with one attached hydrogen (secondary N) is 1. The Labute approximate surface area is 166 Å². The number of aromatic nitrogens is 2. The summed E-state index contributed by atoms with van der Waals surface area (Å²) >= 11 is 7.57. The van der Waals surface area contributed by atoms with Crippen LogP contribution in [-0.4, -0.2) is 60.0 Å². The van der Waals surface area contributed by atoms with E-state index in [4.69, 9.17) is 16.3 Å². The van der Waals surface area contributed by atoms with E-state index in [0.29, 0.717) is 16.4 Å². The van der Waals surface area contributed by atoms with Crippen molar-refractivity contribution >= 4 is 39.1 Å². The van der Waals surface area contributed by atoms with Gasteiger partial charge in [-0.15, -0.1) is 11.3 Å². The molecule has 6 nitrogen and oxygen atoms in total. The van der Waals surface area contributed by atoms with Crippen molar-refractivity contribution in [2.24, 2.45) is 0 Å². The minimum Gasteiger partial charge on any atom is -0.379 e. The average molecular weight is 405 g/mol. The lowest BCUT2D eigenvalue weighted by molar-refractivity contribution is 0.0383. The fraction of sp³-hybridized carbons (Fsp3) is 0.368. The van der Waals surface area contributed by atoms with Gasteiger partial charge in [-0.05, 0) is 31.2 Å². The predicted molar refractivity (Wildman–Crippen MR) is 108 cm³/mol. The lowest BCUT2D eigenvalue weighted by Crippen LogP contribution is -2.41. The van der Waals surface area contributed by atoms with E-state index >= 15 is 0 Å². The second-order valence-corrected chi connectivity index (χ2v) is 7.98. The molecule has 142 valence electrons. The lowest BCUT2D eigenvalue weighted by Gasteiger charge is -2.26. The summed E-state index contributed by atoms with van der Waals surface area (Å²) in [6.07, 6.45) is 0. The van der Waals surface area contributed by atoms with E-state index in [9.17, 15) is 4.79 Å². The van der Waals surface area contributed by atoms with Gasteiger partial charge >= 0.3 is 0 Å². The molecule has 3 aromatic rings. The van der Waals surface area contributed by atoms with Crippen molar-refractivity contribution in [1.29, 1.82) is 0 Å². The number of ether oxygens (including phenoxy) is 1. The Balaban J connectivity index is 1.49. The highest BCUT2D eigenvalue weighted by Gasteiger charge is 2.17. The number of hydrogen-bond donors (Lipinski definition) is 1. The van der Waals surface area contributed by atoms with E-state index in [2.05, 4.69) is 15.3 Å². The number of thiophene rings is 1. The van der Waals surface area contributed by atoms with Crippen LogP contribution in [0.25, 0.3) is 15.9 Å². The molecule has 0 unspecified atom stereocenters. The maximum absolute atomic E-state index is 12.6. The van der Waals surface area contributed by atoms with Crippen LogP contribution in [0.4, 0.5) is 0 Å². The Hall–Kier alpha value is -1.93. The molecule has 0 spiro atoms. The van der Waals surface area contributed by atoms with Crippen LogP contribution in [0.3, 0.4) is 0 Å². The molecule has 0 atom stereocenters. The standard InChI is InChI=1S/C19H21ClN4O2S/c1-13-16-12-17(18(25)21-5-6-23-7-9-26-10-8-23)27-19(16)24(22-13)15-4-2-3-14(20)11-15/h2-4,11-12H,5-10H2,1H3,(H,21,25). The average Bonchev–Trinajstić information content (AvgIpc) is 3.23. The monoisotopic (exact) mass is 404 g/mol. The fourth-order valence-electron chi connectivity index (χ4n) is 3.18. The van der Waals surface area contributed by atoms with E-state index in [-0.39, 0.29) is 5.91 Å². The van der Waals surface area contributed by atoms with Crippen LogP contribution in [0, 0.1) is 6.92 Å². The molecule has 1 aromatic carbocycles. The third-order valence-corrected chi connectivity index (χ3v) is 5.98. The van der Waals surface area contributed by atoms with Crippen molar-refractivity contribution in [1.82, 2.24) is 20.0 Å². The Morgan fingerprint density at radius 1 is 1.33 bits per heavy atom. The Kier molecular flexibility index (Phi) is 5.45. The number of hydrogen-bond acceptors (Lipinski definition) is 5. The van der Waals surface area contributed by atoms with Crippen molar-refractivity contribution < 1.29 is 9.53 Å². The largest absolute Gasteiger partial charge is 0.379 e. The first-order chi connectivity index (χ1) is 13.1. The first-order valence-electron chi connectivity index (χ1n) is 8.95. The Morgan fingerprint density at radius 3 is 2.93 bits per heavy atom. The summed E-state index contributed by atoms with van der Waals surface area (Å²) in [5.74, 6) is -0.0403. The molecule has 0 saturated carbocycles. The van der Waals surface area contributed by atoms with Gasteiger partial charge in [0.15, 0.2) is 0 Å². The van der Waals surface area contributed by atoms with E-state index in [1.807, 2.05) is 41.9 Å². The van der Waals surface area contributed by atoms with Gasteiger partial charge in [-0.25, -0.2) is 4.68 Å². The summed E-state index contributed by atoms with van der Waals surface area (Å²) in [7, 11) is 0. The summed E-state index contributed by atoms with van der Waals surface area (Å²) in [4.78, 5) is 16.5. The smallest absolute Gasteiger partial charge is 0.261 e. The lowest BCUT2D eigenvalue weighted by atomic mass is 10.3. The van der Waals surface area contributed by atoms with Crippen molar-refractivity contribution in [2.45, 2.75) is 6.92 Å². The van der Waals surface area contributed by atoms with Crippen molar-refractivity contribution in [2.75, 3.05) is 39.4 Å². The van der Waals surface area contributed by atoms with Crippen molar-refractivity contribution in [3.05, 3.63) is 45.9 Å². The van der Waals surface area contributed by atoms with Gasteiger partial charge in [-0.3, -0.25) is 9.69 Å². The summed E-state index contributed by atoms with van der Waals surface area (Å²) < 4.78 is 7.20. The number of benzene rings is 1. The molecule has 1 saturated heterocycles. The minimum atomic E-state index is -0.0403. The van der Waals surface area contributed by atoms with Gasteiger partial charge in [-0.2, -0.15) is 5.10 Å². The van der Waals surface area contributed by atoms with Gasteiger partial charge in [0, 0.05) is 36.6 Å². The van der Waals surface area contributed by atoms with Gasteiger partial charge in [0.25, 0.3) is 5.91 Å². The Bertz CT molecular complexity index is 962. The molecule has 8 heteroatoms. The highest BCUT2D eigenvalue weighted by atomic mass is 35.5. The first-order valence-corrected chi connectivity index (χ1v) is 10.1. The summed E-state index contributed by atoms with van der Waals surface area (Å²) in [5, 5.41) is 9.28. The number of amides is 1. The maximum Gasteiger partial charge on any atom is 0.261 e. The third-order valence-electron chi connectivity index (χ3n) is 4.64. The first kappa shape index (κ1) is 18.4. The molecule has 0 radical (unpaired) electrons. The normalized spacial score (nSPS) is 15.3. The van der Waals surface area contributed by atoms with Gasteiger partial charge in [-0.1, -0.05) is 17.7 Å². The zero-order chi connectivity index (χ0) is 18.8. The molecule has 0 aliphatic carbocycles. The minimum absolute atomic E-state index is 0.0403. The number of nitrogens with zero attached hydrogens (tertiary/aromatic N) is 3. The van der Waals surface area contributed by atoms with Gasteiger partial charge < -0.3 is 10.1 Å². The number of halogens is 1. The SMILES string of the molecule is Cc1nn(-c2cccc(Cl)c2)c2sc(C(=O)NCCN3CCOCC3)cc12. The van der Waals surface area contributed by atoms with Crippen molar-refractivity contribution in [3.63, 3.8) is 0 Å². The predicted octanol–water partition coefficient (Wildman–Crippen LogP) is 3.11. The molecule has 27 heavy (non-hydrogen) atoms. The number of aryl methyl sites for hydroxylation is 1. The van der Waals surface area contributed by atoms with Gasteiger partial charge in [0.2, 0.25) is 0 Å². The third kappa shape index (κ3) is 4.01. The summed E-state index contributed by atoms with van der Waals surface area (Å²) in [5.41, 5.74) is 1.79. The van der Waals surface area contributed by atoms with Gasteiger partial charge in [0.1, 0.15) is 4.83 Å². The van der Waals surface area contributed by atoms with E-state index in [1.165, 1.54) is 11.3 Å². The van der Waals surface area contributed by atoms with E-state index in [0.717, 1.165) is 54.4 Å². The maximum atomic E-state index is 12.6. The topological polar surface area (TPSA) is 59.4 Å². The quantitative estimate of drug-likeness (QED) is 0.709. The number of carbonyl (C=O) groups is 1. The Morgan fingerprint density at radius 2 is 2.15 bits per heavy atom. The number of carbonyl (C=O) groups excluding carboxylic acids is 1. The molecular formula is C19H21ClN4O2S. The van der Waals surface area contributed by atoms with E-state index in [1.54, 1.807) is 0 Å². The highest BCUT2D eigenvalue weighted by Crippen LogP contribution is 2.30. The molecule has 4 rings (SSSR count). The fourth-order valence-corrected chi connectivity index (χ4v) is 4.47. The van der Waals surface area contributed by atoms with Crippen LogP contribution in [0.2, 0.25) is 5.02 Å². The van der Waals surface area contributed by atoms with Crippen LogP contribution < -0.4 is 5.32 Å². The molecule has 1 aliphatic heterocycles. The zero-order valence-corrected chi connectivity index (χ0v) is 16.6. The van der Waals surface area contributed by atoms with Crippen LogP contribution in [0.1, 0.15) is 15.4 Å². The molecule has 1 aliphatic rings. The number of rotatable bonds is 5. The number of morpholine rings is 1. The van der Waals surface area contributed by atoms with Gasteiger partial charge in [0.05, 0.1) is 29.5 Å². The van der Waals surface area contributed by atoms with E-state index < -0.39 is 0 Å². The molecule has 0 bridgehead atoms. The second-order valence-electron chi connectivity index (χ2n) is 6.52. The molecule has 3 heterocycles. The second kappa shape index (κ2) is 7.98. The summed E-state index contributed by atoms with van der Waals surface area (Å²) in [6.45, 7) is 6.81. The molecule has 1 amide bonds. The highest BCUT2D eigenvalue weighted by molar-refractivity contribution is 7.20. The molecule has 1 N–H and O–H groups in total. The molecule has 2 aromatic heterocycles. The van der Waals surface area contributed by atoms with Crippen LogP contribution in [-0.2, 0) is 4.74 Å². The van der Waals surface area contributed by atoms with Crippen LogP contribution in [0.5, 0.6) is 0 Å². The molecular weight excluding hydrogens is 384 g/mol. The van der Waals surface area contributed by atoms with Crippen LogP contribution in [0.15, 0.2) is 30.3 Å². The number of fused-ring (bicyclic) bond motifs is 1. The van der Waals surface area contributed by atoms with Crippen molar-refractivity contribution in [3.8, 4) is 5.69 Å².